The third kappa shape index (κ3) is 3.94. The van der Waals surface area contributed by atoms with Crippen LogP contribution in [0.3, 0.4) is 0 Å². The first kappa shape index (κ1) is 13.3. The second kappa shape index (κ2) is 6.17. The van der Waals surface area contributed by atoms with E-state index in [9.17, 15) is 0 Å². The number of hydrogen-bond donors (Lipinski definition) is 2. The van der Waals surface area contributed by atoms with Gasteiger partial charge in [0.2, 0.25) is 5.95 Å². The minimum Gasteiger partial charge on any atom is -0.370 e. The largest absolute Gasteiger partial charge is 0.370 e. The Morgan fingerprint density at radius 2 is 2.11 bits per heavy atom. The van der Waals surface area contributed by atoms with Crippen molar-refractivity contribution in [1.29, 1.82) is 0 Å². The Morgan fingerprint density at radius 3 is 2.79 bits per heavy atom. The molecule has 2 rings (SSSR count). The smallest absolute Gasteiger partial charge is 0.224 e. The topological polar surface area (TPSA) is 67.7 Å². The normalized spacial score (nSPS) is 10.5. The van der Waals surface area contributed by atoms with Crippen molar-refractivity contribution in [3.8, 4) is 0 Å². The van der Waals surface area contributed by atoms with Crippen molar-refractivity contribution in [2.75, 3.05) is 23.7 Å². The first-order chi connectivity index (χ1) is 9.17. The second-order valence-electron chi connectivity index (χ2n) is 4.41. The molecule has 0 saturated carbocycles. The zero-order valence-electron chi connectivity index (χ0n) is 11.6. The highest BCUT2D eigenvalue weighted by molar-refractivity contribution is 5.42. The number of nitrogens with one attached hydrogen (secondary N) is 2. The second-order valence-corrected chi connectivity index (χ2v) is 4.41. The number of anilines is 2. The van der Waals surface area contributed by atoms with E-state index in [2.05, 4.69) is 25.7 Å². The number of aryl methyl sites for hydroxylation is 2. The Morgan fingerprint density at radius 1 is 1.26 bits per heavy atom. The van der Waals surface area contributed by atoms with Gasteiger partial charge in [0.15, 0.2) is 0 Å². The van der Waals surface area contributed by atoms with Crippen molar-refractivity contribution in [2.24, 2.45) is 7.05 Å². The minimum absolute atomic E-state index is 0.669. The summed E-state index contributed by atoms with van der Waals surface area (Å²) in [5.41, 5.74) is 2.03. The number of nitrogens with zero attached hydrogens (tertiary/aromatic N) is 4. The van der Waals surface area contributed by atoms with Crippen LogP contribution in [0.25, 0.3) is 0 Å². The molecule has 0 fully saturated rings. The van der Waals surface area contributed by atoms with Crippen LogP contribution < -0.4 is 10.6 Å². The van der Waals surface area contributed by atoms with Crippen molar-refractivity contribution in [3.05, 3.63) is 29.7 Å². The average molecular weight is 260 g/mol. The summed E-state index contributed by atoms with van der Waals surface area (Å²) in [4.78, 5) is 8.72. The average Bonchev–Trinajstić information content (AvgIpc) is 2.75. The molecule has 6 nitrogen and oxygen atoms in total. The van der Waals surface area contributed by atoms with Crippen LogP contribution in [0.5, 0.6) is 0 Å². The summed E-state index contributed by atoms with van der Waals surface area (Å²) in [5, 5.41) is 10.8. The molecule has 19 heavy (non-hydrogen) atoms. The highest BCUT2D eigenvalue weighted by atomic mass is 15.2. The molecule has 0 spiro atoms. The molecule has 0 unspecified atom stereocenters. The van der Waals surface area contributed by atoms with E-state index in [0.29, 0.717) is 5.95 Å². The Bertz CT molecular complexity index is 534. The maximum absolute atomic E-state index is 4.40. The predicted molar refractivity (Wildman–Crippen MR) is 76.3 cm³/mol. The first-order valence-electron chi connectivity index (χ1n) is 6.49. The lowest BCUT2D eigenvalue weighted by Gasteiger charge is -2.08. The van der Waals surface area contributed by atoms with Crippen molar-refractivity contribution < 1.29 is 0 Å². The van der Waals surface area contributed by atoms with Gasteiger partial charge in [-0.1, -0.05) is 0 Å². The fourth-order valence-corrected chi connectivity index (χ4v) is 1.81. The lowest BCUT2D eigenvalue weighted by atomic mass is 10.3. The molecule has 0 aliphatic carbocycles. The fourth-order valence-electron chi connectivity index (χ4n) is 1.81. The molecule has 0 saturated heterocycles. The fraction of sp³-hybridized carbons (Fsp3) is 0.462. The highest BCUT2D eigenvalue weighted by Gasteiger charge is 2.02. The SMILES string of the molecule is CCNc1nc(C)cc(NCCc2ccn(C)n2)n1. The van der Waals surface area contributed by atoms with E-state index in [0.717, 1.165) is 36.7 Å². The molecule has 0 aliphatic rings. The molecule has 2 heterocycles. The van der Waals surface area contributed by atoms with Crippen molar-refractivity contribution in [2.45, 2.75) is 20.3 Å². The quantitative estimate of drug-likeness (QED) is 0.826. The van der Waals surface area contributed by atoms with Crippen LogP contribution in [0.1, 0.15) is 18.3 Å². The summed E-state index contributed by atoms with van der Waals surface area (Å²) in [6.45, 7) is 5.61. The Balaban J connectivity index is 1.91. The lowest BCUT2D eigenvalue weighted by molar-refractivity contribution is 0.742. The molecule has 0 bridgehead atoms. The van der Waals surface area contributed by atoms with E-state index < -0.39 is 0 Å². The van der Waals surface area contributed by atoms with Crippen molar-refractivity contribution >= 4 is 11.8 Å². The van der Waals surface area contributed by atoms with Gasteiger partial charge in [0.05, 0.1) is 5.69 Å². The van der Waals surface area contributed by atoms with Crippen LogP contribution in [0.15, 0.2) is 18.3 Å². The van der Waals surface area contributed by atoms with Gasteiger partial charge >= 0.3 is 0 Å². The van der Waals surface area contributed by atoms with Crippen LogP contribution in [-0.4, -0.2) is 32.8 Å². The molecule has 0 aliphatic heterocycles. The summed E-state index contributed by atoms with van der Waals surface area (Å²) in [5.74, 6) is 1.52. The van der Waals surface area contributed by atoms with E-state index in [4.69, 9.17) is 0 Å². The Kier molecular flexibility index (Phi) is 4.33. The van der Waals surface area contributed by atoms with Gasteiger partial charge in [0, 0.05) is 44.5 Å². The molecule has 2 aromatic rings. The van der Waals surface area contributed by atoms with Crippen LogP contribution >= 0.6 is 0 Å². The third-order valence-electron chi connectivity index (χ3n) is 2.65. The van der Waals surface area contributed by atoms with Gasteiger partial charge in [-0.3, -0.25) is 4.68 Å². The van der Waals surface area contributed by atoms with Crippen molar-refractivity contribution in [3.63, 3.8) is 0 Å². The van der Waals surface area contributed by atoms with E-state index in [1.807, 2.05) is 43.9 Å². The van der Waals surface area contributed by atoms with Gasteiger partial charge in [-0.25, -0.2) is 4.98 Å². The minimum atomic E-state index is 0.669. The summed E-state index contributed by atoms with van der Waals surface area (Å²) in [7, 11) is 1.92. The predicted octanol–water partition coefficient (Wildman–Crippen LogP) is 1.60. The first-order valence-corrected chi connectivity index (χ1v) is 6.49. The van der Waals surface area contributed by atoms with Crippen molar-refractivity contribution in [1.82, 2.24) is 19.7 Å². The standard InChI is InChI=1S/C13H20N6/c1-4-14-13-16-10(2)9-12(17-13)15-7-5-11-6-8-19(3)18-11/h6,8-9H,4-5,7H2,1-3H3,(H2,14,15,16,17). The third-order valence-corrected chi connectivity index (χ3v) is 2.65. The van der Waals surface area contributed by atoms with Crippen LogP contribution in [0.4, 0.5) is 11.8 Å². The lowest BCUT2D eigenvalue weighted by Crippen LogP contribution is -2.10. The number of rotatable bonds is 6. The van der Waals surface area contributed by atoms with Gasteiger partial charge in [-0.15, -0.1) is 0 Å². The van der Waals surface area contributed by atoms with E-state index in [-0.39, 0.29) is 0 Å². The Labute approximate surface area is 113 Å². The van der Waals surface area contributed by atoms with Gasteiger partial charge in [-0.05, 0) is 19.9 Å². The Hall–Kier alpha value is -2.11. The van der Waals surface area contributed by atoms with Crippen LogP contribution in [0, 0.1) is 6.92 Å². The van der Waals surface area contributed by atoms with Gasteiger partial charge in [0.25, 0.3) is 0 Å². The molecule has 0 aromatic carbocycles. The van der Waals surface area contributed by atoms with Crippen LogP contribution in [-0.2, 0) is 13.5 Å². The molecular formula is C13H20N6. The zero-order valence-corrected chi connectivity index (χ0v) is 11.6. The zero-order chi connectivity index (χ0) is 13.7. The monoisotopic (exact) mass is 260 g/mol. The molecular weight excluding hydrogens is 240 g/mol. The van der Waals surface area contributed by atoms with Gasteiger partial charge < -0.3 is 10.6 Å². The molecule has 0 amide bonds. The molecule has 2 aromatic heterocycles. The van der Waals surface area contributed by atoms with Gasteiger partial charge in [0.1, 0.15) is 5.82 Å². The van der Waals surface area contributed by atoms with E-state index in [1.54, 1.807) is 0 Å². The summed E-state index contributed by atoms with van der Waals surface area (Å²) in [6.07, 6.45) is 2.83. The molecule has 6 heteroatoms. The number of hydrogen-bond acceptors (Lipinski definition) is 5. The molecule has 0 atom stereocenters. The number of aromatic nitrogens is 4. The summed E-state index contributed by atoms with van der Waals surface area (Å²) in [6, 6.07) is 3.97. The summed E-state index contributed by atoms with van der Waals surface area (Å²) >= 11 is 0. The van der Waals surface area contributed by atoms with E-state index >= 15 is 0 Å². The highest BCUT2D eigenvalue weighted by Crippen LogP contribution is 2.09. The molecule has 2 N–H and O–H groups in total. The van der Waals surface area contributed by atoms with E-state index in [1.165, 1.54) is 0 Å². The summed E-state index contributed by atoms with van der Waals surface area (Å²) < 4.78 is 1.81. The van der Waals surface area contributed by atoms with Crippen LogP contribution in [0.2, 0.25) is 0 Å². The maximum Gasteiger partial charge on any atom is 0.224 e. The molecule has 102 valence electrons. The maximum atomic E-state index is 4.40. The van der Waals surface area contributed by atoms with Gasteiger partial charge in [-0.2, -0.15) is 10.1 Å². The molecule has 0 radical (unpaired) electrons.